The van der Waals surface area contributed by atoms with Gasteiger partial charge in [-0.15, -0.1) is 0 Å². The molecule has 0 bridgehead atoms. The van der Waals surface area contributed by atoms with Gasteiger partial charge in [-0.25, -0.2) is 8.42 Å². The molecule has 5 aromatic rings. The quantitative estimate of drug-likeness (QED) is 0.0943. The van der Waals surface area contributed by atoms with Gasteiger partial charge in [0.25, 0.3) is 5.78 Å². The van der Waals surface area contributed by atoms with Crippen molar-refractivity contribution in [2.24, 2.45) is 0 Å². The second kappa shape index (κ2) is 15.3. The molecule has 6 rings (SSSR count). The largest absolute Gasteiger partial charge is 0.497 e. The van der Waals surface area contributed by atoms with Crippen molar-refractivity contribution >= 4 is 26.2 Å². The van der Waals surface area contributed by atoms with Crippen molar-refractivity contribution < 1.29 is 32.6 Å². The second-order valence-electron chi connectivity index (χ2n) is 13.3. The summed E-state index contributed by atoms with van der Waals surface area (Å²) in [6.45, 7) is 6.80. The molecule has 5 aromatic carbocycles. The summed E-state index contributed by atoms with van der Waals surface area (Å²) in [5.74, 6) is 1.20. The van der Waals surface area contributed by atoms with Gasteiger partial charge >= 0.3 is 5.71 Å². The molecular formula is C43H42N2O6S. The van der Waals surface area contributed by atoms with E-state index in [1.807, 2.05) is 36.4 Å². The predicted molar refractivity (Wildman–Crippen MR) is 205 cm³/mol. The van der Waals surface area contributed by atoms with Crippen LogP contribution in [0.2, 0.25) is 0 Å². The standard InChI is InChI=1S/C32H34O3.C11H8N2O3S/c1-31(2,24-8-6-23(22-33)7-9-24)25-10-12-26(13-11-25)32(3,27-14-18-29(34-4)19-15-27)28-16-20-30(35-5)21-17-28;1-17(15,16)10-6-9(13-12)11(14)8-5-3-2-4-7(8)10/h6-21,33H,22H2,1-5H3;2-6H,1H3. The average Bonchev–Trinajstić information content (AvgIpc) is 3.17. The molecule has 1 aliphatic carbocycles. The van der Waals surface area contributed by atoms with Gasteiger partial charge in [-0.2, -0.15) is 4.79 Å². The van der Waals surface area contributed by atoms with Gasteiger partial charge in [0.1, 0.15) is 11.5 Å². The topological polar surface area (TPSA) is 126 Å². The molecule has 0 aromatic heterocycles. The maximum Gasteiger partial charge on any atom is 0.364 e. The number of nitrogens with zero attached hydrogens (tertiary/aromatic N) is 2. The van der Waals surface area contributed by atoms with Crippen LogP contribution in [0.3, 0.4) is 0 Å². The summed E-state index contributed by atoms with van der Waals surface area (Å²) in [6.07, 6.45) is 2.13. The number of hydrogen-bond donors (Lipinski definition) is 1. The van der Waals surface area contributed by atoms with Gasteiger partial charge in [0.05, 0.1) is 31.8 Å². The molecule has 0 radical (unpaired) electrons. The highest BCUT2D eigenvalue weighted by Gasteiger charge is 2.34. The van der Waals surface area contributed by atoms with E-state index in [-0.39, 0.29) is 33.6 Å². The van der Waals surface area contributed by atoms with Crippen LogP contribution >= 0.6 is 0 Å². The highest BCUT2D eigenvalue weighted by Crippen LogP contribution is 2.41. The van der Waals surface area contributed by atoms with Crippen molar-refractivity contribution in [2.75, 3.05) is 20.5 Å². The maximum atomic E-state index is 11.8. The summed E-state index contributed by atoms with van der Waals surface area (Å²) in [5.41, 5.74) is 15.4. The number of sulfone groups is 1. The molecule has 1 aliphatic rings. The molecule has 0 aliphatic heterocycles. The zero-order chi connectivity index (χ0) is 37.7. The number of carbonyl (C=O) groups is 1. The predicted octanol–water partition coefficient (Wildman–Crippen LogP) is 7.82. The van der Waals surface area contributed by atoms with Gasteiger partial charge in [-0.05, 0) is 64.6 Å². The Morgan fingerprint density at radius 3 is 1.46 bits per heavy atom. The third-order valence-electron chi connectivity index (χ3n) is 9.82. The van der Waals surface area contributed by atoms with Gasteiger partial charge in [-0.3, -0.25) is 4.79 Å². The number of ether oxygens (including phenoxy) is 2. The number of ketones is 1. The first kappa shape index (κ1) is 37.7. The van der Waals surface area contributed by atoms with Gasteiger partial charge < -0.3 is 20.1 Å². The number of methoxy groups -OCH3 is 2. The Hall–Kier alpha value is -5.60. The zero-order valence-corrected chi connectivity index (χ0v) is 30.9. The van der Waals surface area contributed by atoms with Crippen LogP contribution in [0.4, 0.5) is 0 Å². The van der Waals surface area contributed by atoms with Crippen LogP contribution in [-0.4, -0.2) is 50.3 Å². The highest BCUT2D eigenvalue weighted by molar-refractivity contribution is 8.00. The Bertz CT molecular complexity index is 2200. The minimum atomic E-state index is -3.49. The van der Waals surface area contributed by atoms with Crippen LogP contribution < -0.4 is 9.47 Å². The first-order chi connectivity index (χ1) is 24.8. The molecule has 52 heavy (non-hydrogen) atoms. The Morgan fingerprint density at radius 1 is 0.654 bits per heavy atom. The molecule has 0 heterocycles. The van der Waals surface area contributed by atoms with Gasteiger partial charge in [0, 0.05) is 28.2 Å². The van der Waals surface area contributed by atoms with Crippen molar-refractivity contribution in [3.8, 4) is 11.5 Å². The first-order valence-electron chi connectivity index (χ1n) is 16.7. The minimum absolute atomic E-state index is 0.0134. The number of aliphatic hydroxyl groups excluding tert-OH is 1. The zero-order valence-electron chi connectivity index (χ0n) is 30.1. The summed E-state index contributed by atoms with van der Waals surface area (Å²) in [6, 6.07) is 40.1. The van der Waals surface area contributed by atoms with Gasteiger partial charge in [0.2, 0.25) is 0 Å². The average molecular weight is 715 g/mol. The molecule has 1 N–H and O–H groups in total. The van der Waals surface area contributed by atoms with E-state index < -0.39 is 15.6 Å². The number of allylic oxidation sites excluding steroid dienone is 1. The second-order valence-corrected chi connectivity index (χ2v) is 15.3. The molecule has 8 nitrogen and oxygen atoms in total. The smallest absolute Gasteiger partial charge is 0.364 e. The molecule has 9 heteroatoms. The van der Waals surface area contributed by atoms with Crippen molar-refractivity contribution in [3.63, 3.8) is 0 Å². The number of hydrogen-bond acceptors (Lipinski definition) is 6. The molecule has 0 atom stereocenters. The Kier molecular flexibility index (Phi) is 11.1. The molecule has 0 spiro atoms. The third kappa shape index (κ3) is 7.53. The molecular weight excluding hydrogens is 673 g/mol. The van der Waals surface area contributed by atoms with Crippen LogP contribution in [-0.2, 0) is 27.3 Å². The van der Waals surface area contributed by atoms with Crippen molar-refractivity contribution in [1.29, 1.82) is 0 Å². The lowest BCUT2D eigenvalue weighted by Crippen LogP contribution is -2.26. The molecule has 0 amide bonds. The molecule has 266 valence electrons. The lowest BCUT2D eigenvalue weighted by molar-refractivity contribution is -0.00437. The number of rotatable bonds is 9. The number of carbonyl (C=O) groups excluding carboxylic acids is 1. The number of fused-ring (bicyclic) bond motifs is 1. The van der Waals surface area contributed by atoms with Crippen molar-refractivity contribution in [1.82, 2.24) is 0 Å². The fourth-order valence-corrected chi connectivity index (χ4v) is 7.35. The molecule has 0 fully saturated rings. The van der Waals surface area contributed by atoms with Crippen LogP contribution in [0.25, 0.3) is 10.4 Å². The Balaban J connectivity index is 0.000000257. The summed E-state index contributed by atoms with van der Waals surface area (Å²) in [7, 11) is -0.109. The Morgan fingerprint density at radius 2 is 1.06 bits per heavy atom. The SMILES string of the molecule is COc1ccc(C(C)(c2ccc(OC)cc2)c2ccc(C(C)(C)c3ccc(CO)cc3)cc2)cc1.CS(=O)(=O)C1=CC(=[N+]=[N-])C(=O)c2ccccc21. The van der Waals surface area contributed by atoms with E-state index in [1.54, 1.807) is 32.4 Å². The van der Waals surface area contributed by atoms with Crippen LogP contribution in [0.1, 0.15) is 70.1 Å². The molecule has 0 saturated carbocycles. The summed E-state index contributed by atoms with van der Waals surface area (Å²) in [5, 5.41) is 9.39. The lowest BCUT2D eigenvalue weighted by Gasteiger charge is -2.33. The van der Waals surface area contributed by atoms with E-state index in [0.717, 1.165) is 29.4 Å². The van der Waals surface area contributed by atoms with Crippen LogP contribution in [0.15, 0.2) is 127 Å². The maximum absolute atomic E-state index is 11.8. The monoisotopic (exact) mass is 714 g/mol. The van der Waals surface area contributed by atoms with E-state index in [9.17, 15) is 18.3 Å². The molecule has 0 saturated heterocycles. The lowest BCUT2D eigenvalue weighted by atomic mass is 9.70. The third-order valence-corrected chi connectivity index (χ3v) is 11.0. The van der Waals surface area contributed by atoms with Crippen LogP contribution in [0, 0.1) is 0 Å². The molecule has 0 unspecified atom stereocenters. The van der Waals surface area contributed by atoms with Gasteiger partial charge in [0.15, 0.2) is 9.84 Å². The summed E-state index contributed by atoms with van der Waals surface area (Å²) < 4.78 is 34.0. The number of aliphatic hydroxyl groups is 1. The van der Waals surface area contributed by atoms with E-state index in [4.69, 9.17) is 15.0 Å². The first-order valence-corrected chi connectivity index (χ1v) is 18.5. The fraction of sp³-hybridized carbons (Fsp3) is 0.209. The number of Topliss-reactive ketones (excluding diaryl/α,β-unsaturated/α-hetero) is 1. The van der Waals surface area contributed by atoms with E-state index in [1.165, 1.54) is 33.9 Å². The highest BCUT2D eigenvalue weighted by atomic mass is 32.2. The van der Waals surface area contributed by atoms with E-state index in [0.29, 0.717) is 5.56 Å². The summed E-state index contributed by atoms with van der Waals surface area (Å²) >= 11 is 0. The van der Waals surface area contributed by atoms with E-state index in [2.05, 4.69) is 86.2 Å². The Labute approximate surface area is 305 Å². The van der Waals surface area contributed by atoms with Gasteiger partial charge in [-0.1, -0.05) is 111 Å². The minimum Gasteiger partial charge on any atom is -0.497 e. The summed E-state index contributed by atoms with van der Waals surface area (Å²) in [4.78, 5) is 14.6. The van der Waals surface area contributed by atoms with Crippen molar-refractivity contribution in [2.45, 2.75) is 38.2 Å². The number of benzene rings is 5. The van der Waals surface area contributed by atoms with Crippen molar-refractivity contribution in [3.05, 3.63) is 177 Å². The fourth-order valence-electron chi connectivity index (χ4n) is 6.44. The van der Waals surface area contributed by atoms with Crippen LogP contribution in [0.5, 0.6) is 11.5 Å². The van der Waals surface area contributed by atoms with E-state index >= 15 is 0 Å². The normalized spacial score (nSPS) is 12.9.